The van der Waals surface area contributed by atoms with Crippen LogP contribution in [0.1, 0.15) is 55.6 Å². The van der Waals surface area contributed by atoms with Gasteiger partial charge in [0.25, 0.3) is 0 Å². The molecule has 1 aromatic carbocycles. The Balaban J connectivity index is 1.05. The lowest BCUT2D eigenvalue weighted by molar-refractivity contribution is -0.117. The standard InChI is InChI=1S/C28H32Cl2N4O2/c29-23-7-3-18(15-24(23)30)4-9-26(35)32-21-5-1-19(2-6-21)17-34-13-11-20(12-14-34)22-16-31-25-8-10-27(36)33-28(22)25/h3-4,7-10,15-16,19-21,31H,1-2,5-6,11-14,17H2,(H,32,35)(H,33,36)/b9-4+. The van der Waals surface area contributed by atoms with E-state index in [9.17, 15) is 9.59 Å². The summed E-state index contributed by atoms with van der Waals surface area (Å²) in [5.41, 5.74) is 4.01. The van der Waals surface area contributed by atoms with Crippen LogP contribution in [0.5, 0.6) is 0 Å². The fourth-order valence-electron chi connectivity index (χ4n) is 5.69. The average molecular weight is 527 g/mol. The zero-order valence-electron chi connectivity index (χ0n) is 20.2. The van der Waals surface area contributed by atoms with Crippen molar-refractivity contribution >= 4 is 46.2 Å². The van der Waals surface area contributed by atoms with Gasteiger partial charge in [0.05, 0.1) is 21.1 Å². The largest absolute Gasteiger partial charge is 0.360 e. The molecule has 1 aliphatic carbocycles. The highest BCUT2D eigenvalue weighted by atomic mass is 35.5. The molecule has 2 aromatic heterocycles. The zero-order chi connectivity index (χ0) is 25.1. The molecule has 8 heteroatoms. The van der Waals surface area contributed by atoms with Gasteiger partial charge in [-0.1, -0.05) is 29.3 Å². The Hall–Kier alpha value is -2.54. The number of amides is 1. The summed E-state index contributed by atoms with van der Waals surface area (Å²) in [4.78, 5) is 33.0. The molecule has 0 atom stereocenters. The molecule has 1 saturated carbocycles. The Morgan fingerprint density at radius 3 is 2.56 bits per heavy atom. The number of likely N-dealkylation sites (tertiary alicyclic amines) is 1. The minimum absolute atomic E-state index is 0.0462. The highest BCUT2D eigenvalue weighted by Crippen LogP contribution is 2.33. The van der Waals surface area contributed by atoms with Crippen molar-refractivity contribution in [1.29, 1.82) is 0 Å². The molecule has 0 radical (unpaired) electrons. The van der Waals surface area contributed by atoms with E-state index in [-0.39, 0.29) is 17.5 Å². The zero-order valence-corrected chi connectivity index (χ0v) is 21.7. The van der Waals surface area contributed by atoms with E-state index in [0.29, 0.717) is 21.9 Å². The molecule has 2 fully saturated rings. The van der Waals surface area contributed by atoms with Crippen molar-refractivity contribution in [3.63, 3.8) is 0 Å². The molecule has 6 nitrogen and oxygen atoms in total. The monoisotopic (exact) mass is 526 g/mol. The van der Waals surface area contributed by atoms with Crippen LogP contribution in [-0.2, 0) is 4.79 Å². The molecular formula is C28H32Cl2N4O2. The molecule has 0 unspecified atom stereocenters. The van der Waals surface area contributed by atoms with Crippen molar-refractivity contribution in [3.8, 4) is 0 Å². The van der Waals surface area contributed by atoms with E-state index >= 15 is 0 Å². The predicted octanol–water partition coefficient (Wildman–Crippen LogP) is 5.73. The highest BCUT2D eigenvalue weighted by Gasteiger charge is 2.27. The van der Waals surface area contributed by atoms with Crippen LogP contribution in [0.3, 0.4) is 0 Å². The Kier molecular flexibility index (Phi) is 7.85. The number of halogens is 2. The van der Waals surface area contributed by atoms with E-state index in [2.05, 4.69) is 26.4 Å². The maximum atomic E-state index is 12.4. The second kappa shape index (κ2) is 11.2. The maximum absolute atomic E-state index is 12.4. The number of pyridine rings is 1. The van der Waals surface area contributed by atoms with Gasteiger partial charge in [0, 0.05) is 30.9 Å². The van der Waals surface area contributed by atoms with Crippen LogP contribution in [0.4, 0.5) is 0 Å². The summed E-state index contributed by atoms with van der Waals surface area (Å²) in [6.07, 6.45) is 12.0. The number of nitrogens with one attached hydrogen (secondary N) is 3. The topological polar surface area (TPSA) is 81.0 Å². The lowest BCUT2D eigenvalue weighted by atomic mass is 9.84. The lowest BCUT2D eigenvalue weighted by Gasteiger charge is -2.36. The molecule has 3 aromatic rings. The van der Waals surface area contributed by atoms with Crippen LogP contribution in [0.15, 0.2) is 47.4 Å². The number of carbonyl (C=O) groups excluding carboxylic acids is 1. The first kappa shape index (κ1) is 25.1. The SMILES string of the molecule is O=C(/C=C/c1ccc(Cl)c(Cl)c1)NC1CCC(CN2CCC(c3c[nH]c4ccc(=O)[nH]c34)CC2)CC1. The molecule has 190 valence electrons. The van der Waals surface area contributed by atoms with Crippen LogP contribution in [0.2, 0.25) is 10.0 Å². The number of aromatic amines is 2. The second-order valence-corrected chi connectivity index (χ2v) is 11.0. The van der Waals surface area contributed by atoms with Gasteiger partial charge < -0.3 is 20.2 Å². The van der Waals surface area contributed by atoms with E-state index in [0.717, 1.165) is 74.8 Å². The molecule has 0 bridgehead atoms. The normalized spacial score (nSPS) is 21.8. The Morgan fingerprint density at radius 2 is 1.81 bits per heavy atom. The van der Waals surface area contributed by atoms with Crippen molar-refractivity contribution < 1.29 is 4.79 Å². The Labute approximate surface area is 221 Å². The molecule has 3 heterocycles. The number of carbonyl (C=O) groups is 1. The van der Waals surface area contributed by atoms with Crippen LogP contribution in [0.25, 0.3) is 17.1 Å². The van der Waals surface area contributed by atoms with E-state index in [1.54, 1.807) is 30.4 Å². The quantitative estimate of drug-likeness (QED) is 0.358. The Bertz CT molecular complexity index is 1300. The van der Waals surface area contributed by atoms with E-state index < -0.39 is 0 Å². The van der Waals surface area contributed by atoms with Gasteiger partial charge in [-0.3, -0.25) is 9.59 Å². The van der Waals surface area contributed by atoms with Gasteiger partial charge in [0.1, 0.15) is 0 Å². The smallest absolute Gasteiger partial charge is 0.248 e. The van der Waals surface area contributed by atoms with Crippen molar-refractivity contribution in [3.05, 3.63) is 74.1 Å². The van der Waals surface area contributed by atoms with E-state index in [4.69, 9.17) is 23.2 Å². The molecule has 2 aliphatic rings. The first-order valence-corrected chi connectivity index (χ1v) is 13.6. The summed E-state index contributed by atoms with van der Waals surface area (Å²) in [6, 6.07) is 8.99. The van der Waals surface area contributed by atoms with Gasteiger partial charge >= 0.3 is 0 Å². The molecule has 5 rings (SSSR count). The fraction of sp³-hybridized carbons (Fsp3) is 0.429. The van der Waals surface area contributed by atoms with Gasteiger partial charge in [0.2, 0.25) is 11.5 Å². The summed E-state index contributed by atoms with van der Waals surface area (Å²) < 4.78 is 0. The van der Waals surface area contributed by atoms with Crippen molar-refractivity contribution in [2.45, 2.75) is 50.5 Å². The summed E-state index contributed by atoms with van der Waals surface area (Å²) in [7, 11) is 0. The molecule has 3 N–H and O–H groups in total. The molecule has 0 spiro atoms. The molecule has 1 aliphatic heterocycles. The number of fused-ring (bicyclic) bond motifs is 1. The lowest BCUT2D eigenvalue weighted by Crippen LogP contribution is -2.41. The van der Waals surface area contributed by atoms with Crippen molar-refractivity contribution in [1.82, 2.24) is 20.2 Å². The molecule has 36 heavy (non-hydrogen) atoms. The number of H-pyrrole nitrogens is 2. The van der Waals surface area contributed by atoms with Gasteiger partial charge in [-0.05, 0) is 98.9 Å². The minimum atomic E-state index is -0.0646. The first-order valence-electron chi connectivity index (χ1n) is 12.8. The first-order chi connectivity index (χ1) is 17.4. The molecule has 1 saturated heterocycles. The highest BCUT2D eigenvalue weighted by molar-refractivity contribution is 6.42. The average Bonchev–Trinajstić information content (AvgIpc) is 3.29. The number of rotatable bonds is 6. The van der Waals surface area contributed by atoms with Gasteiger partial charge in [0.15, 0.2) is 0 Å². The number of hydrogen-bond donors (Lipinski definition) is 3. The Morgan fingerprint density at radius 1 is 1.03 bits per heavy atom. The van der Waals surface area contributed by atoms with Crippen molar-refractivity contribution in [2.75, 3.05) is 19.6 Å². The third-order valence-corrected chi connectivity index (χ3v) is 8.44. The van der Waals surface area contributed by atoms with Crippen molar-refractivity contribution in [2.24, 2.45) is 5.92 Å². The number of hydrogen-bond acceptors (Lipinski definition) is 3. The van der Waals surface area contributed by atoms with Gasteiger partial charge in [-0.25, -0.2) is 0 Å². The number of aromatic nitrogens is 2. The second-order valence-electron chi connectivity index (χ2n) is 10.2. The third kappa shape index (κ3) is 6.05. The van der Waals surface area contributed by atoms with Crippen LogP contribution >= 0.6 is 23.2 Å². The van der Waals surface area contributed by atoms with Gasteiger partial charge in [-0.15, -0.1) is 0 Å². The summed E-state index contributed by atoms with van der Waals surface area (Å²) in [6.45, 7) is 3.31. The van der Waals surface area contributed by atoms with E-state index in [1.165, 1.54) is 5.56 Å². The summed E-state index contributed by atoms with van der Waals surface area (Å²) in [5, 5.41) is 4.14. The van der Waals surface area contributed by atoms with E-state index in [1.807, 2.05) is 12.1 Å². The van der Waals surface area contributed by atoms with Crippen LogP contribution in [-0.4, -0.2) is 46.5 Å². The number of nitrogens with zero attached hydrogens (tertiary/aromatic N) is 1. The third-order valence-electron chi connectivity index (χ3n) is 7.70. The molecular weight excluding hydrogens is 495 g/mol. The van der Waals surface area contributed by atoms with Gasteiger partial charge in [-0.2, -0.15) is 0 Å². The minimum Gasteiger partial charge on any atom is -0.360 e. The summed E-state index contributed by atoms with van der Waals surface area (Å²) >= 11 is 12.0. The fourth-order valence-corrected chi connectivity index (χ4v) is 6.00. The summed E-state index contributed by atoms with van der Waals surface area (Å²) in [5.74, 6) is 1.10. The van der Waals surface area contributed by atoms with Crippen LogP contribution in [0, 0.1) is 5.92 Å². The number of benzene rings is 1. The number of piperidine rings is 1. The maximum Gasteiger partial charge on any atom is 0.248 e. The predicted molar refractivity (Wildman–Crippen MR) is 147 cm³/mol. The van der Waals surface area contributed by atoms with Crippen LogP contribution < -0.4 is 10.9 Å². The molecule has 1 amide bonds.